The zero-order valence-electron chi connectivity index (χ0n) is 9.67. The maximum Gasteiger partial charge on any atom is 0.107 e. The van der Waals surface area contributed by atoms with Crippen LogP contribution < -0.4 is 0 Å². The van der Waals surface area contributed by atoms with Gasteiger partial charge in [0.15, 0.2) is 0 Å². The summed E-state index contributed by atoms with van der Waals surface area (Å²) in [5, 5.41) is 9.48. The third-order valence-electron chi connectivity index (χ3n) is 3.90. The molecule has 6 atom stereocenters. The molecule has 0 aromatic rings. The van der Waals surface area contributed by atoms with Crippen LogP contribution in [0, 0.1) is 0 Å². The van der Waals surface area contributed by atoms with Crippen LogP contribution in [0.1, 0.15) is 32.6 Å². The summed E-state index contributed by atoms with van der Waals surface area (Å²) in [5.41, 5.74) is 0. The van der Waals surface area contributed by atoms with Crippen molar-refractivity contribution in [2.75, 3.05) is 6.61 Å². The Hall–Kier alpha value is -0.160. The van der Waals surface area contributed by atoms with E-state index < -0.39 is 0 Å². The van der Waals surface area contributed by atoms with Gasteiger partial charge in [0.05, 0.1) is 37.1 Å². The normalized spacial score (nSPS) is 49.5. The molecule has 0 aromatic carbocycles. The zero-order chi connectivity index (χ0) is 11.1. The molecule has 4 heteroatoms. The van der Waals surface area contributed by atoms with Crippen molar-refractivity contribution in [1.29, 1.82) is 0 Å². The second kappa shape index (κ2) is 4.26. The molecule has 0 spiro atoms. The molecule has 0 amide bonds. The third-order valence-corrected chi connectivity index (χ3v) is 3.90. The average Bonchev–Trinajstić information content (AvgIpc) is 2.83. The summed E-state index contributed by atoms with van der Waals surface area (Å²) in [6.45, 7) is 2.66. The molecule has 92 valence electrons. The van der Waals surface area contributed by atoms with Crippen molar-refractivity contribution in [2.45, 2.75) is 69.2 Å². The van der Waals surface area contributed by atoms with Crippen molar-refractivity contribution in [3.8, 4) is 0 Å². The summed E-state index contributed by atoms with van der Waals surface area (Å²) in [6.07, 6.45) is 4.81. The fourth-order valence-corrected chi connectivity index (χ4v) is 2.82. The first-order chi connectivity index (χ1) is 7.74. The van der Waals surface area contributed by atoms with Gasteiger partial charge < -0.3 is 19.3 Å². The Kier molecular flexibility index (Phi) is 2.92. The number of aliphatic hydroxyl groups excluding tert-OH is 1. The lowest BCUT2D eigenvalue weighted by molar-refractivity contribution is -0.0911. The monoisotopic (exact) mass is 228 g/mol. The summed E-state index contributed by atoms with van der Waals surface area (Å²) in [6, 6.07) is 0. The molecule has 0 bridgehead atoms. The van der Waals surface area contributed by atoms with Gasteiger partial charge in [-0.2, -0.15) is 0 Å². The van der Waals surface area contributed by atoms with E-state index in [2.05, 4.69) is 0 Å². The smallest absolute Gasteiger partial charge is 0.107 e. The van der Waals surface area contributed by atoms with Crippen LogP contribution in [0.4, 0.5) is 0 Å². The fraction of sp³-hybridized carbons (Fsp3) is 1.00. The molecule has 0 unspecified atom stereocenters. The van der Waals surface area contributed by atoms with Crippen molar-refractivity contribution in [2.24, 2.45) is 0 Å². The van der Waals surface area contributed by atoms with E-state index in [1.54, 1.807) is 6.92 Å². The van der Waals surface area contributed by atoms with Crippen LogP contribution in [0.25, 0.3) is 0 Å². The summed E-state index contributed by atoms with van der Waals surface area (Å²) in [7, 11) is 0. The van der Waals surface area contributed by atoms with Gasteiger partial charge in [-0.15, -0.1) is 0 Å². The van der Waals surface area contributed by atoms with E-state index in [-0.39, 0.29) is 24.4 Å². The first kappa shape index (κ1) is 11.0. The van der Waals surface area contributed by atoms with Crippen LogP contribution in [-0.4, -0.2) is 48.3 Å². The molecule has 3 saturated heterocycles. The van der Waals surface area contributed by atoms with E-state index in [0.717, 1.165) is 32.3 Å². The van der Waals surface area contributed by atoms with Crippen LogP contribution in [0.15, 0.2) is 0 Å². The number of ether oxygens (including phenoxy) is 3. The number of hydrogen-bond acceptors (Lipinski definition) is 4. The summed E-state index contributed by atoms with van der Waals surface area (Å²) < 4.78 is 17.1. The van der Waals surface area contributed by atoms with Crippen molar-refractivity contribution in [3.05, 3.63) is 0 Å². The van der Waals surface area contributed by atoms with Crippen LogP contribution in [-0.2, 0) is 14.2 Å². The standard InChI is InChI=1S/C12H20O4/c1-7(13)8-2-3-9(15-8)10-4-5-11(16-10)12-6-14-12/h7-13H,2-6H2,1H3/t7-,8-,9-,10-,11-,12-/m1/s1. The van der Waals surface area contributed by atoms with Gasteiger partial charge in [-0.05, 0) is 32.6 Å². The predicted molar refractivity (Wildman–Crippen MR) is 57.2 cm³/mol. The zero-order valence-corrected chi connectivity index (χ0v) is 9.67. The first-order valence-corrected chi connectivity index (χ1v) is 6.34. The van der Waals surface area contributed by atoms with Gasteiger partial charge >= 0.3 is 0 Å². The largest absolute Gasteiger partial charge is 0.391 e. The van der Waals surface area contributed by atoms with Gasteiger partial charge in [-0.25, -0.2) is 0 Å². The molecule has 0 radical (unpaired) electrons. The molecule has 16 heavy (non-hydrogen) atoms. The Morgan fingerprint density at radius 1 is 0.938 bits per heavy atom. The molecule has 3 aliphatic rings. The molecule has 0 aliphatic carbocycles. The maximum absolute atomic E-state index is 9.48. The molecule has 3 aliphatic heterocycles. The molecule has 3 heterocycles. The fourth-order valence-electron chi connectivity index (χ4n) is 2.82. The van der Waals surface area contributed by atoms with E-state index in [1.165, 1.54) is 0 Å². The van der Waals surface area contributed by atoms with E-state index in [9.17, 15) is 5.11 Å². The molecule has 4 nitrogen and oxygen atoms in total. The molecular formula is C12H20O4. The minimum atomic E-state index is -0.367. The number of hydrogen-bond donors (Lipinski definition) is 1. The first-order valence-electron chi connectivity index (χ1n) is 6.34. The second-order valence-electron chi connectivity index (χ2n) is 5.19. The van der Waals surface area contributed by atoms with Crippen molar-refractivity contribution in [3.63, 3.8) is 0 Å². The highest BCUT2D eigenvalue weighted by atomic mass is 16.6. The van der Waals surface area contributed by atoms with E-state index in [1.807, 2.05) is 0 Å². The molecule has 3 rings (SSSR count). The minimum Gasteiger partial charge on any atom is -0.391 e. The molecular weight excluding hydrogens is 208 g/mol. The van der Waals surface area contributed by atoms with Gasteiger partial charge in [-0.1, -0.05) is 0 Å². The lowest BCUT2D eigenvalue weighted by Gasteiger charge is -2.21. The quantitative estimate of drug-likeness (QED) is 0.728. The second-order valence-corrected chi connectivity index (χ2v) is 5.19. The molecule has 3 fully saturated rings. The highest BCUT2D eigenvalue weighted by Crippen LogP contribution is 2.35. The maximum atomic E-state index is 9.48. The van der Waals surface area contributed by atoms with Crippen LogP contribution in [0.2, 0.25) is 0 Å². The Balaban J connectivity index is 1.51. The van der Waals surface area contributed by atoms with E-state index >= 15 is 0 Å². The number of epoxide rings is 1. The molecule has 0 saturated carbocycles. The summed E-state index contributed by atoms with van der Waals surface area (Å²) in [5.74, 6) is 0. The predicted octanol–water partition coefficient (Wildman–Crippen LogP) is 0.861. The summed E-state index contributed by atoms with van der Waals surface area (Å²) >= 11 is 0. The average molecular weight is 228 g/mol. The highest BCUT2D eigenvalue weighted by Gasteiger charge is 2.43. The lowest BCUT2D eigenvalue weighted by atomic mass is 10.1. The van der Waals surface area contributed by atoms with Gasteiger partial charge in [-0.3, -0.25) is 0 Å². The Labute approximate surface area is 95.9 Å². The van der Waals surface area contributed by atoms with Crippen LogP contribution >= 0.6 is 0 Å². The highest BCUT2D eigenvalue weighted by molar-refractivity contribution is 4.91. The van der Waals surface area contributed by atoms with Crippen LogP contribution in [0.3, 0.4) is 0 Å². The van der Waals surface area contributed by atoms with Crippen LogP contribution in [0.5, 0.6) is 0 Å². The van der Waals surface area contributed by atoms with Gasteiger partial charge in [0.1, 0.15) is 6.10 Å². The number of aliphatic hydroxyl groups is 1. The van der Waals surface area contributed by atoms with Crippen molar-refractivity contribution < 1.29 is 19.3 Å². The van der Waals surface area contributed by atoms with Gasteiger partial charge in [0, 0.05) is 0 Å². The summed E-state index contributed by atoms with van der Waals surface area (Å²) in [4.78, 5) is 0. The Morgan fingerprint density at radius 3 is 2.06 bits per heavy atom. The SMILES string of the molecule is C[C@@H](O)[C@H]1CC[C@H]([C@H]2CC[C@H]([C@H]3CO3)O2)O1. The van der Waals surface area contributed by atoms with Crippen molar-refractivity contribution >= 4 is 0 Å². The third kappa shape index (κ3) is 2.12. The Morgan fingerprint density at radius 2 is 1.50 bits per heavy atom. The minimum absolute atomic E-state index is 0.00447. The van der Waals surface area contributed by atoms with E-state index in [4.69, 9.17) is 14.2 Å². The van der Waals surface area contributed by atoms with Crippen molar-refractivity contribution in [1.82, 2.24) is 0 Å². The number of rotatable bonds is 3. The lowest BCUT2D eigenvalue weighted by Crippen LogP contribution is -2.30. The molecule has 0 aromatic heterocycles. The van der Waals surface area contributed by atoms with Gasteiger partial charge in [0.25, 0.3) is 0 Å². The molecule has 1 N–H and O–H groups in total. The van der Waals surface area contributed by atoms with E-state index in [0.29, 0.717) is 12.2 Å². The topological polar surface area (TPSA) is 51.2 Å². The Bertz CT molecular complexity index is 233. The van der Waals surface area contributed by atoms with Gasteiger partial charge in [0.2, 0.25) is 0 Å².